The Labute approximate surface area is 30.5 Å². The third kappa shape index (κ3) is 13.8. The maximum atomic E-state index is 7.08. The highest BCUT2D eigenvalue weighted by molar-refractivity contribution is 5.12. The summed E-state index contributed by atoms with van der Waals surface area (Å²) in [6.45, 7) is 2.67. The van der Waals surface area contributed by atoms with E-state index < -0.39 is 0 Å². The molecular weight excluding hydrogens is 68.0 g/mol. The van der Waals surface area contributed by atoms with Crippen LogP contribution in [-0.2, 0) is 0 Å². The molecule has 0 aliphatic carbocycles. The smallest absolute Gasteiger partial charge is 0.245 e. The van der Waals surface area contributed by atoms with Gasteiger partial charge in [0.1, 0.15) is 0 Å². The maximum Gasteiger partial charge on any atom is 0.245 e. The molecule has 0 rings (SSSR count). The van der Waals surface area contributed by atoms with Crippen molar-refractivity contribution in [2.45, 2.75) is 0 Å². The molecule has 0 bridgehead atoms. The minimum Gasteiger partial charge on any atom is -0.400 e. The van der Waals surface area contributed by atoms with E-state index in [-0.39, 0.29) is 0 Å². The highest BCUT2D eigenvalue weighted by atomic mass is 16.2. The summed E-state index contributed by atoms with van der Waals surface area (Å²) in [7, 11) is 1.00. The molecule has 0 aliphatic rings. The zero-order valence-electron chi connectivity index (χ0n) is 3.05. The molecule has 0 aromatic carbocycles. The van der Waals surface area contributed by atoms with Crippen molar-refractivity contribution in [1.82, 2.24) is 0 Å². The van der Waals surface area contributed by atoms with Crippen molar-refractivity contribution in [1.29, 1.82) is 0 Å². The lowest BCUT2D eigenvalue weighted by Crippen LogP contribution is -1.25. The van der Waals surface area contributed by atoms with Crippen LogP contribution in [0.25, 0.3) is 5.53 Å². The van der Waals surface area contributed by atoms with Gasteiger partial charge in [-0.25, -0.2) is 0 Å². The number of nitrogens with zero attached hydrogens (tertiary/aromatic N) is 2. The molecule has 0 aromatic rings. The number of aliphatic hydroxyl groups is 1. The van der Waals surface area contributed by atoms with Crippen molar-refractivity contribution in [2.75, 3.05) is 7.11 Å². The molecule has 0 spiro atoms. The molecule has 0 saturated heterocycles. The molecule has 0 aromatic heterocycles. The van der Waals surface area contributed by atoms with Crippen LogP contribution in [0.1, 0.15) is 0 Å². The summed E-state index contributed by atoms with van der Waals surface area (Å²) in [6, 6.07) is 0. The van der Waals surface area contributed by atoms with E-state index in [0.717, 1.165) is 7.11 Å². The van der Waals surface area contributed by atoms with Gasteiger partial charge in [-0.15, -0.1) is 0 Å². The van der Waals surface area contributed by atoms with Gasteiger partial charge in [-0.3, -0.25) is 0 Å². The first-order valence-electron chi connectivity index (χ1n) is 0.963. The maximum absolute atomic E-state index is 7.08. The van der Waals surface area contributed by atoms with Gasteiger partial charge in [-0.2, -0.15) is 4.79 Å². The van der Waals surface area contributed by atoms with Crippen molar-refractivity contribution in [3.8, 4) is 0 Å². The van der Waals surface area contributed by atoms with E-state index in [0.29, 0.717) is 0 Å². The number of aliphatic hydroxyl groups excluding tert-OH is 1. The Morgan fingerprint density at radius 3 is 1.80 bits per heavy atom. The molecule has 0 radical (unpaired) electrons. The first kappa shape index (κ1) is 8.84. The predicted octanol–water partition coefficient (Wildman–Crippen LogP) is -0.475. The Morgan fingerprint density at radius 1 is 1.80 bits per heavy atom. The summed E-state index contributed by atoms with van der Waals surface area (Å²) in [6.07, 6.45) is 0. The van der Waals surface area contributed by atoms with Gasteiger partial charge in [0.25, 0.3) is 0 Å². The summed E-state index contributed by atoms with van der Waals surface area (Å²) in [5.41, 5.74) is 7.08. The highest BCUT2D eigenvalue weighted by Gasteiger charge is 0.932. The Morgan fingerprint density at radius 2 is 1.80 bits per heavy atom. The van der Waals surface area contributed by atoms with E-state index in [9.17, 15) is 0 Å². The van der Waals surface area contributed by atoms with Gasteiger partial charge < -0.3 is 10.6 Å². The Kier molecular flexibility index (Phi) is 280. The summed E-state index contributed by atoms with van der Waals surface area (Å²) in [5, 5.41) is 7.00. The van der Waals surface area contributed by atoms with Gasteiger partial charge >= 0.3 is 0 Å². The highest BCUT2D eigenvalue weighted by Crippen LogP contribution is 0.902. The van der Waals surface area contributed by atoms with Crippen molar-refractivity contribution < 1.29 is 9.90 Å². The van der Waals surface area contributed by atoms with Gasteiger partial charge in [0.2, 0.25) is 6.72 Å². The Hall–Kier alpha value is -0.660. The van der Waals surface area contributed by atoms with Crippen LogP contribution in [0.5, 0.6) is 0 Å². The average Bonchev–Trinajstić information content (AvgIpc) is 1.46. The molecule has 3 nitrogen and oxygen atoms in total. The van der Waals surface area contributed by atoms with Crippen molar-refractivity contribution in [2.24, 2.45) is 0 Å². The summed E-state index contributed by atoms with van der Waals surface area (Å²) < 4.78 is 0. The van der Waals surface area contributed by atoms with Crippen LogP contribution in [0.2, 0.25) is 0 Å². The number of hydrogen-bond acceptors (Lipinski definition) is 1. The lowest BCUT2D eigenvalue weighted by atomic mass is 11.8. The first-order chi connectivity index (χ1) is 2.41. The minimum atomic E-state index is 1.00. The van der Waals surface area contributed by atoms with Crippen LogP contribution >= 0.6 is 0 Å². The fourth-order valence-corrected chi connectivity index (χ4v) is 0. The van der Waals surface area contributed by atoms with E-state index in [1.54, 1.807) is 0 Å². The molecule has 0 amide bonds. The Balaban J connectivity index is 0. The molecule has 0 heterocycles. The largest absolute Gasteiger partial charge is 0.400 e. The fraction of sp³-hybridized carbons (Fsp3) is 0.500. The molecular formula is C2H6N2O. The fourth-order valence-electron chi connectivity index (χ4n) is 0. The van der Waals surface area contributed by atoms with Crippen molar-refractivity contribution >= 4 is 6.72 Å². The lowest BCUT2D eigenvalue weighted by molar-refractivity contribution is 0.0110. The standard InChI is InChI=1S/CH2N2.CH4O/c1-3-2;1-2/h1H2;2H,1H3. The van der Waals surface area contributed by atoms with Crippen molar-refractivity contribution in [3.05, 3.63) is 5.53 Å². The molecule has 5 heavy (non-hydrogen) atoms. The van der Waals surface area contributed by atoms with Gasteiger partial charge in [0.15, 0.2) is 0 Å². The van der Waals surface area contributed by atoms with Gasteiger partial charge in [0.05, 0.1) is 0 Å². The number of hydrogen-bond donors (Lipinski definition) is 1. The average molecular weight is 74.1 g/mol. The molecule has 0 saturated carbocycles. The van der Waals surface area contributed by atoms with Gasteiger partial charge in [0, 0.05) is 7.11 Å². The van der Waals surface area contributed by atoms with E-state index in [4.69, 9.17) is 10.6 Å². The molecule has 3 heteroatoms. The van der Waals surface area contributed by atoms with E-state index in [1.165, 1.54) is 0 Å². The predicted molar refractivity (Wildman–Crippen MR) is 18.9 cm³/mol. The molecule has 0 unspecified atom stereocenters. The second-order valence-electron chi connectivity index (χ2n) is 0.141. The van der Waals surface area contributed by atoms with Gasteiger partial charge in [-0.1, -0.05) is 0 Å². The molecule has 0 atom stereocenters. The zero-order valence-corrected chi connectivity index (χ0v) is 3.05. The Bertz CT molecular complexity index is 28.6. The van der Waals surface area contributed by atoms with Crippen LogP contribution in [0, 0.1) is 0 Å². The van der Waals surface area contributed by atoms with Crippen LogP contribution in [-0.4, -0.2) is 23.7 Å². The minimum absolute atomic E-state index is 1.00. The third-order valence-electron chi connectivity index (χ3n) is 0. The van der Waals surface area contributed by atoms with Crippen LogP contribution in [0.3, 0.4) is 0 Å². The number of rotatable bonds is 0. The van der Waals surface area contributed by atoms with Crippen LogP contribution in [0.4, 0.5) is 0 Å². The van der Waals surface area contributed by atoms with Crippen LogP contribution < -0.4 is 0 Å². The summed E-state index contributed by atoms with van der Waals surface area (Å²) >= 11 is 0. The summed E-state index contributed by atoms with van der Waals surface area (Å²) in [5.74, 6) is 0. The molecule has 0 fully saturated rings. The first-order valence-corrected chi connectivity index (χ1v) is 0.963. The SMILES string of the molecule is C=[N+]=[N-].CO. The summed E-state index contributed by atoms with van der Waals surface area (Å²) in [4.78, 5) is 2.25. The van der Waals surface area contributed by atoms with E-state index in [1.807, 2.05) is 0 Å². The topological polar surface area (TPSA) is 56.6 Å². The lowest BCUT2D eigenvalue weighted by Gasteiger charge is -1.21. The second-order valence-corrected chi connectivity index (χ2v) is 0.141. The zero-order chi connectivity index (χ0) is 4.71. The second kappa shape index (κ2) is 158. The molecule has 1 N–H and O–H groups in total. The van der Waals surface area contributed by atoms with Gasteiger partial charge in [-0.05, 0) is 0 Å². The van der Waals surface area contributed by atoms with E-state index >= 15 is 0 Å². The normalized spacial score (nSPS) is 2.80. The van der Waals surface area contributed by atoms with E-state index in [2.05, 4.69) is 11.5 Å². The van der Waals surface area contributed by atoms with Crippen LogP contribution in [0.15, 0.2) is 0 Å². The van der Waals surface area contributed by atoms with Crippen molar-refractivity contribution in [3.63, 3.8) is 0 Å². The third-order valence-corrected chi connectivity index (χ3v) is 0. The quantitative estimate of drug-likeness (QED) is 0.235. The monoisotopic (exact) mass is 74.0 g/mol. The molecule has 30 valence electrons. The molecule has 0 aliphatic heterocycles.